The largest absolute Gasteiger partial charge is 0.389 e. The first kappa shape index (κ1) is 11.5. The molecule has 0 fully saturated rings. The Hall–Kier alpha value is -0.460. The van der Waals surface area contributed by atoms with Crippen molar-refractivity contribution in [1.82, 2.24) is 5.32 Å². The Labute approximate surface area is 77.2 Å². The molecule has 0 radical (unpaired) electrons. The van der Waals surface area contributed by atoms with Crippen molar-refractivity contribution in [1.29, 1.82) is 0 Å². The van der Waals surface area contributed by atoms with Crippen molar-refractivity contribution in [2.24, 2.45) is 11.8 Å². The molecule has 12 heavy (non-hydrogen) atoms. The van der Waals surface area contributed by atoms with Crippen LogP contribution in [0.5, 0.6) is 0 Å². The molecule has 0 aromatic carbocycles. The van der Waals surface area contributed by atoms with Crippen LogP contribution in [0, 0.1) is 11.8 Å². The minimum Gasteiger partial charge on any atom is -0.389 e. The van der Waals surface area contributed by atoms with Crippen LogP contribution in [0.4, 0.5) is 0 Å². The van der Waals surface area contributed by atoms with Crippen molar-refractivity contribution in [2.45, 2.75) is 41.0 Å². The number of allylic oxidation sites excluding steroid dienone is 2. The van der Waals surface area contributed by atoms with Gasteiger partial charge in [-0.05, 0) is 25.2 Å². The van der Waals surface area contributed by atoms with Crippen molar-refractivity contribution in [3.63, 3.8) is 0 Å². The van der Waals surface area contributed by atoms with Gasteiger partial charge < -0.3 is 5.32 Å². The van der Waals surface area contributed by atoms with E-state index in [0.29, 0.717) is 5.92 Å². The number of hydrogen-bond acceptors (Lipinski definition) is 1. The normalized spacial score (nSPS) is 12.8. The minimum absolute atomic E-state index is 0.628. The zero-order valence-electron chi connectivity index (χ0n) is 9.15. The Bertz CT molecular complexity index is 134. The lowest BCUT2D eigenvalue weighted by atomic mass is 10.1. The van der Waals surface area contributed by atoms with Crippen LogP contribution in [-0.2, 0) is 0 Å². The second-order valence-electron chi connectivity index (χ2n) is 3.97. The van der Waals surface area contributed by atoms with Crippen molar-refractivity contribution in [3.05, 3.63) is 11.8 Å². The van der Waals surface area contributed by atoms with Gasteiger partial charge in [0.15, 0.2) is 0 Å². The van der Waals surface area contributed by atoms with Gasteiger partial charge in [0.2, 0.25) is 0 Å². The topological polar surface area (TPSA) is 12.0 Å². The van der Waals surface area contributed by atoms with Crippen molar-refractivity contribution < 1.29 is 0 Å². The van der Waals surface area contributed by atoms with Gasteiger partial charge in [0.1, 0.15) is 0 Å². The Balaban J connectivity index is 3.99. The Kier molecular flexibility index (Phi) is 5.87. The molecule has 0 unspecified atom stereocenters. The average Bonchev–Trinajstić information content (AvgIpc) is 1.96. The van der Waals surface area contributed by atoms with Crippen LogP contribution in [0.2, 0.25) is 0 Å². The van der Waals surface area contributed by atoms with Gasteiger partial charge in [-0.15, -0.1) is 0 Å². The molecule has 72 valence electrons. The van der Waals surface area contributed by atoms with Gasteiger partial charge in [-0.1, -0.05) is 33.8 Å². The van der Waals surface area contributed by atoms with Crippen molar-refractivity contribution in [3.8, 4) is 0 Å². The average molecular weight is 169 g/mol. The fourth-order valence-electron chi connectivity index (χ4n) is 1.08. The van der Waals surface area contributed by atoms with E-state index >= 15 is 0 Å². The summed E-state index contributed by atoms with van der Waals surface area (Å²) in [7, 11) is 0. The third-order valence-electron chi connectivity index (χ3n) is 1.81. The van der Waals surface area contributed by atoms with Gasteiger partial charge in [-0.2, -0.15) is 0 Å². The van der Waals surface area contributed by atoms with E-state index in [0.717, 1.165) is 12.5 Å². The highest BCUT2D eigenvalue weighted by Gasteiger charge is 2.00. The maximum absolute atomic E-state index is 3.40. The maximum atomic E-state index is 3.40. The van der Waals surface area contributed by atoms with Crippen molar-refractivity contribution >= 4 is 0 Å². The molecular formula is C11H23N. The molecule has 0 aromatic heterocycles. The zero-order valence-corrected chi connectivity index (χ0v) is 9.15. The second-order valence-corrected chi connectivity index (χ2v) is 3.97. The third-order valence-corrected chi connectivity index (χ3v) is 1.81. The highest BCUT2D eigenvalue weighted by molar-refractivity contribution is 5.02. The number of hydrogen-bond donors (Lipinski definition) is 1. The lowest BCUT2D eigenvalue weighted by Gasteiger charge is -2.13. The number of rotatable bonds is 5. The van der Waals surface area contributed by atoms with Crippen molar-refractivity contribution in [2.75, 3.05) is 6.54 Å². The molecule has 1 N–H and O–H groups in total. The fraction of sp³-hybridized carbons (Fsp3) is 0.818. The lowest BCUT2D eigenvalue weighted by Crippen LogP contribution is -2.16. The first-order chi connectivity index (χ1) is 5.57. The predicted octanol–water partition coefficient (Wildman–Crippen LogP) is 3.18. The monoisotopic (exact) mass is 169 g/mol. The van der Waals surface area contributed by atoms with Crippen LogP contribution in [0.1, 0.15) is 41.0 Å². The molecule has 0 saturated heterocycles. The molecule has 0 saturated carbocycles. The molecule has 1 nitrogen and oxygen atoms in total. The molecular weight excluding hydrogens is 146 g/mol. The molecule has 0 heterocycles. The molecule has 0 aliphatic heterocycles. The van der Waals surface area contributed by atoms with Crippen LogP contribution in [0.15, 0.2) is 11.8 Å². The SMILES string of the molecule is CCN/C(=C/CC(C)C)C(C)C. The minimum atomic E-state index is 0.628. The molecule has 0 aromatic rings. The summed E-state index contributed by atoms with van der Waals surface area (Å²) in [5, 5.41) is 3.40. The van der Waals surface area contributed by atoms with E-state index in [1.54, 1.807) is 0 Å². The van der Waals surface area contributed by atoms with Gasteiger partial charge in [0.25, 0.3) is 0 Å². The van der Waals surface area contributed by atoms with Crippen LogP contribution in [0.25, 0.3) is 0 Å². The highest BCUT2D eigenvalue weighted by atomic mass is 14.9. The van der Waals surface area contributed by atoms with Gasteiger partial charge >= 0.3 is 0 Å². The van der Waals surface area contributed by atoms with Gasteiger partial charge in [0.05, 0.1) is 0 Å². The summed E-state index contributed by atoms with van der Waals surface area (Å²) < 4.78 is 0. The summed E-state index contributed by atoms with van der Waals surface area (Å²) in [6.07, 6.45) is 3.51. The van der Waals surface area contributed by atoms with E-state index in [1.165, 1.54) is 12.1 Å². The van der Waals surface area contributed by atoms with E-state index in [9.17, 15) is 0 Å². The summed E-state index contributed by atoms with van der Waals surface area (Å²) >= 11 is 0. The maximum Gasteiger partial charge on any atom is 0.0115 e. The van der Waals surface area contributed by atoms with Gasteiger partial charge in [-0.3, -0.25) is 0 Å². The summed E-state index contributed by atoms with van der Waals surface area (Å²) in [5.41, 5.74) is 1.39. The molecule has 0 atom stereocenters. The molecule has 0 aliphatic carbocycles. The van der Waals surface area contributed by atoms with E-state index < -0.39 is 0 Å². The summed E-state index contributed by atoms with van der Waals surface area (Å²) in [5.74, 6) is 1.39. The molecule has 1 heteroatoms. The lowest BCUT2D eigenvalue weighted by molar-refractivity contribution is 0.623. The van der Waals surface area contributed by atoms with E-state index in [4.69, 9.17) is 0 Å². The molecule has 0 amide bonds. The Morgan fingerprint density at radius 1 is 1.25 bits per heavy atom. The molecule has 0 rings (SSSR count). The molecule has 0 spiro atoms. The van der Waals surface area contributed by atoms with E-state index in [-0.39, 0.29) is 0 Å². The zero-order chi connectivity index (χ0) is 9.56. The second kappa shape index (κ2) is 6.10. The molecule has 0 aliphatic rings. The third kappa shape index (κ3) is 5.22. The van der Waals surface area contributed by atoms with Crippen LogP contribution < -0.4 is 5.32 Å². The molecule has 0 bridgehead atoms. The highest BCUT2D eigenvalue weighted by Crippen LogP contribution is 2.09. The quantitative estimate of drug-likeness (QED) is 0.666. The standard InChI is InChI=1S/C11H23N/c1-6-12-11(10(4)5)8-7-9(2)3/h8-10,12H,6-7H2,1-5H3/b11-8+. The first-order valence-corrected chi connectivity index (χ1v) is 5.01. The summed E-state index contributed by atoms with van der Waals surface area (Å²) in [4.78, 5) is 0. The smallest absolute Gasteiger partial charge is 0.0115 e. The van der Waals surface area contributed by atoms with Crippen LogP contribution >= 0.6 is 0 Å². The summed E-state index contributed by atoms with van der Waals surface area (Å²) in [6, 6.07) is 0. The fourth-order valence-corrected chi connectivity index (χ4v) is 1.08. The summed E-state index contributed by atoms with van der Waals surface area (Å²) in [6.45, 7) is 12.1. The van der Waals surface area contributed by atoms with E-state index in [2.05, 4.69) is 46.0 Å². The van der Waals surface area contributed by atoms with E-state index in [1.807, 2.05) is 0 Å². The number of nitrogens with one attached hydrogen (secondary N) is 1. The van der Waals surface area contributed by atoms with Gasteiger partial charge in [0, 0.05) is 12.2 Å². The Morgan fingerprint density at radius 2 is 1.83 bits per heavy atom. The van der Waals surface area contributed by atoms with Crippen LogP contribution in [-0.4, -0.2) is 6.54 Å². The predicted molar refractivity (Wildman–Crippen MR) is 56.1 cm³/mol. The Morgan fingerprint density at radius 3 is 2.17 bits per heavy atom. The first-order valence-electron chi connectivity index (χ1n) is 5.01. The van der Waals surface area contributed by atoms with Gasteiger partial charge in [-0.25, -0.2) is 0 Å². The van der Waals surface area contributed by atoms with Crippen LogP contribution in [0.3, 0.4) is 0 Å².